The van der Waals surface area contributed by atoms with E-state index in [1.807, 2.05) is 22.6 Å². The molecule has 4 rings (SSSR count). The lowest BCUT2D eigenvalue weighted by Gasteiger charge is -2.14. The summed E-state index contributed by atoms with van der Waals surface area (Å²) in [6.07, 6.45) is 5.33. The normalized spacial score (nSPS) is 11.0. The molecule has 0 spiro atoms. The number of aromatic nitrogens is 4. The van der Waals surface area contributed by atoms with Gasteiger partial charge in [0.2, 0.25) is 5.95 Å². The molecule has 0 unspecified atom stereocenters. The number of nitrogens with one attached hydrogen (secondary N) is 3. The molecule has 0 aliphatic carbocycles. The van der Waals surface area contributed by atoms with Crippen molar-refractivity contribution in [2.45, 2.75) is 33.6 Å². The first-order chi connectivity index (χ1) is 14.6. The highest BCUT2D eigenvalue weighted by molar-refractivity contribution is 5.91. The minimum atomic E-state index is -0.291. The summed E-state index contributed by atoms with van der Waals surface area (Å²) in [6, 6.07) is 9.58. The zero-order valence-corrected chi connectivity index (χ0v) is 17.4. The van der Waals surface area contributed by atoms with Gasteiger partial charge < -0.3 is 10.6 Å². The van der Waals surface area contributed by atoms with Crippen molar-refractivity contribution in [3.63, 3.8) is 0 Å². The zero-order chi connectivity index (χ0) is 21.1. The molecule has 3 aromatic heterocycles. The highest BCUT2D eigenvalue weighted by atomic mass is 16.2. The van der Waals surface area contributed by atoms with Crippen molar-refractivity contribution in [3.8, 4) is 0 Å². The summed E-state index contributed by atoms with van der Waals surface area (Å²) in [4.78, 5) is 26.0. The molecule has 3 N–H and O–H groups in total. The summed E-state index contributed by atoms with van der Waals surface area (Å²) in [7, 11) is 0. The van der Waals surface area contributed by atoms with E-state index in [1.54, 1.807) is 12.4 Å². The van der Waals surface area contributed by atoms with Crippen LogP contribution in [0.15, 0.2) is 42.7 Å². The van der Waals surface area contributed by atoms with Crippen LogP contribution in [0.4, 0.5) is 22.2 Å². The number of hydrogen-bond donors (Lipinski definition) is 3. The van der Waals surface area contributed by atoms with Crippen molar-refractivity contribution in [2.24, 2.45) is 0 Å². The van der Waals surface area contributed by atoms with Gasteiger partial charge in [-0.3, -0.25) is 9.72 Å². The third-order valence-electron chi connectivity index (χ3n) is 4.98. The fourth-order valence-electron chi connectivity index (χ4n) is 3.39. The molecule has 4 aromatic rings. The highest BCUT2D eigenvalue weighted by Crippen LogP contribution is 2.29. The van der Waals surface area contributed by atoms with Crippen LogP contribution >= 0.6 is 0 Å². The molecule has 0 aliphatic rings. The van der Waals surface area contributed by atoms with Crippen molar-refractivity contribution in [1.82, 2.24) is 24.7 Å². The number of para-hydroxylation sites is 1. The molecule has 30 heavy (non-hydrogen) atoms. The number of urea groups is 1. The number of unbranched alkanes of at least 4 members (excludes halogenated alkanes) is 1. The maximum atomic E-state index is 12.3. The summed E-state index contributed by atoms with van der Waals surface area (Å²) in [5, 5.41) is 9.14. The summed E-state index contributed by atoms with van der Waals surface area (Å²) in [5.74, 6) is 1.05. The molecule has 0 bridgehead atoms. The molecule has 2 amide bonds. The number of carbonyl (C=O) groups excluding carboxylic acids is 1. The van der Waals surface area contributed by atoms with E-state index in [9.17, 15) is 4.79 Å². The summed E-state index contributed by atoms with van der Waals surface area (Å²) in [5.41, 5.74) is 5.30. The molecular weight excluding hydrogens is 378 g/mol. The van der Waals surface area contributed by atoms with E-state index in [2.05, 4.69) is 58.8 Å². The Morgan fingerprint density at radius 2 is 1.90 bits per heavy atom. The molecule has 1 aromatic carbocycles. The van der Waals surface area contributed by atoms with Crippen LogP contribution in [0, 0.1) is 13.8 Å². The number of pyridine rings is 1. The van der Waals surface area contributed by atoms with Crippen molar-refractivity contribution in [1.29, 1.82) is 0 Å². The second-order valence-corrected chi connectivity index (χ2v) is 7.24. The van der Waals surface area contributed by atoms with Gasteiger partial charge in [-0.15, -0.1) is 0 Å². The Kier molecular flexibility index (Phi) is 5.47. The highest BCUT2D eigenvalue weighted by Gasteiger charge is 2.16. The molecule has 0 radical (unpaired) electrons. The second kappa shape index (κ2) is 8.36. The molecule has 8 heteroatoms. The molecule has 0 aliphatic heterocycles. The smallest absolute Gasteiger partial charge is 0.321 e. The molecular formula is C22H25N7O. The van der Waals surface area contributed by atoms with E-state index in [1.165, 1.54) is 0 Å². The van der Waals surface area contributed by atoms with E-state index in [4.69, 9.17) is 4.98 Å². The van der Waals surface area contributed by atoms with Crippen LogP contribution in [0.1, 0.15) is 30.9 Å². The van der Waals surface area contributed by atoms with Gasteiger partial charge in [0.15, 0.2) is 11.5 Å². The number of anilines is 3. The lowest BCUT2D eigenvalue weighted by atomic mass is 10.1. The minimum absolute atomic E-state index is 0.291. The van der Waals surface area contributed by atoms with Gasteiger partial charge in [0.1, 0.15) is 11.0 Å². The quantitative estimate of drug-likeness (QED) is 0.410. The molecule has 154 valence electrons. The van der Waals surface area contributed by atoms with E-state index < -0.39 is 0 Å². The number of hydrogen-bond acceptors (Lipinski definition) is 5. The van der Waals surface area contributed by atoms with Crippen LogP contribution < -0.4 is 16.0 Å². The monoisotopic (exact) mass is 403 g/mol. The average Bonchev–Trinajstić information content (AvgIpc) is 3.15. The summed E-state index contributed by atoms with van der Waals surface area (Å²) < 4.78 is 1.82. The predicted molar refractivity (Wildman–Crippen MR) is 119 cm³/mol. The van der Waals surface area contributed by atoms with Crippen molar-refractivity contribution >= 4 is 40.2 Å². The number of rotatable bonds is 6. The van der Waals surface area contributed by atoms with E-state index in [0.29, 0.717) is 29.5 Å². The van der Waals surface area contributed by atoms with Crippen molar-refractivity contribution < 1.29 is 4.79 Å². The number of nitrogens with zero attached hydrogens (tertiary/aromatic N) is 4. The van der Waals surface area contributed by atoms with Crippen molar-refractivity contribution in [2.75, 3.05) is 17.2 Å². The van der Waals surface area contributed by atoms with Gasteiger partial charge in [-0.2, -0.15) is 0 Å². The van der Waals surface area contributed by atoms with Gasteiger partial charge in [0.05, 0.1) is 6.20 Å². The third-order valence-corrected chi connectivity index (χ3v) is 4.98. The van der Waals surface area contributed by atoms with Crippen LogP contribution in [-0.2, 0) is 0 Å². The van der Waals surface area contributed by atoms with Gasteiger partial charge in [-0.05, 0) is 43.5 Å². The van der Waals surface area contributed by atoms with Crippen LogP contribution in [-0.4, -0.2) is 31.9 Å². The first kappa shape index (κ1) is 19.6. The molecule has 3 heterocycles. The van der Waals surface area contributed by atoms with Gasteiger partial charge in [0, 0.05) is 18.4 Å². The number of fused-ring (bicyclic) bond motifs is 3. The maximum absolute atomic E-state index is 12.3. The molecule has 8 nitrogen and oxygen atoms in total. The molecule has 0 atom stereocenters. The van der Waals surface area contributed by atoms with Gasteiger partial charge >= 0.3 is 6.03 Å². The van der Waals surface area contributed by atoms with Crippen LogP contribution in [0.25, 0.3) is 16.7 Å². The number of imidazole rings is 1. The van der Waals surface area contributed by atoms with Crippen molar-refractivity contribution in [3.05, 3.63) is 53.9 Å². The average molecular weight is 403 g/mol. The Bertz CT molecular complexity index is 1190. The first-order valence-corrected chi connectivity index (χ1v) is 10.1. The summed E-state index contributed by atoms with van der Waals surface area (Å²) >= 11 is 0. The number of carbonyl (C=O) groups is 1. The summed E-state index contributed by atoms with van der Waals surface area (Å²) in [6.45, 7) is 6.81. The van der Waals surface area contributed by atoms with Gasteiger partial charge in [-0.25, -0.2) is 19.7 Å². The Morgan fingerprint density at radius 1 is 1.10 bits per heavy atom. The standard InChI is InChI=1S/C22H25N7O/c1-4-5-11-24-22(30)28-21-25-13-17-19(27-18-14(2)8-6-9-15(18)3)26-16-10-7-12-23-20(16)29(17)21/h6-10,12-13H,4-5,11H2,1-3H3,(H,26,27)(H2,24,25,28,30). The topological polar surface area (TPSA) is 96.2 Å². The number of amides is 2. The Balaban J connectivity index is 1.78. The Labute approximate surface area is 174 Å². The molecule has 0 fully saturated rings. The molecule has 0 saturated carbocycles. The van der Waals surface area contributed by atoms with Crippen LogP contribution in [0.3, 0.4) is 0 Å². The van der Waals surface area contributed by atoms with Crippen LogP contribution in [0.2, 0.25) is 0 Å². The lowest BCUT2D eigenvalue weighted by Crippen LogP contribution is -2.30. The van der Waals surface area contributed by atoms with Gasteiger partial charge in [0.25, 0.3) is 0 Å². The van der Waals surface area contributed by atoms with Crippen LogP contribution in [0.5, 0.6) is 0 Å². The largest absolute Gasteiger partial charge is 0.338 e. The third kappa shape index (κ3) is 3.76. The predicted octanol–water partition coefficient (Wildman–Crippen LogP) is 4.56. The maximum Gasteiger partial charge on any atom is 0.321 e. The SMILES string of the molecule is CCCCNC(=O)Nc1ncc2c(Nc3c(C)cccc3C)nc3cccnc3n12. The lowest BCUT2D eigenvalue weighted by molar-refractivity contribution is 0.252. The van der Waals surface area contributed by atoms with E-state index in [0.717, 1.165) is 35.2 Å². The number of benzene rings is 1. The number of aryl methyl sites for hydroxylation is 2. The Morgan fingerprint density at radius 3 is 2.67 bits per heavy atom. The first-order valence-electron chi connectivity index (χ1n) is 10.1. The zero-order valence-electron chi connectivity index (χ0n) is 17.4. The fraction of sp³-hybridized carbons (Fsp3) is 0.273. The molecule has 0 saturated heterocycles. The van der Waals surface area contributed by atoms with Gasteiger partial charge in [-0.1, -0.05) is 31.5 Å². The minimum Gasteiger partial charge on any atom is -0.338 e. The Hall–Kier alpha value is -3.68. The van der Waals surface area contributed by atoms with E-state index in [-0.39, 0.29) is 6.03 Å². The fourth-order valence-corrected chi connectivity index (χ4v) is 3.39. The van der Waals surface area contributed by atoms with E-state index >= 15 is 0 Å². The second-order valence-electron chi connectivity index (χ2n) is 7.24.